The Labute approximate surface area is 97.2 Å². The van der Waals surface area contributed by atoms with E-state index in [9.17, 15) is 4.79 Å². The van der Waals surface area contributed by atoms with E-state index in [1.807, 2.05) is 6.92 Å². The van der Waals surface area contributed by atoms with Crippen LogP contribution in [0.15, 0.2) is 0 Å². The Balaban J connectivity index is 1.86. The second kappa shape index (κ2) is 4.86. The Morgan fingerprint density at radius 3 is 2.81 bits per heavy atom. The van der Waals surface area contributed by atoms with Crippen molar-refractivity contribution >= 4 is 5.91 Å². The van der Waals surface area contributed by atoms with Crippen molar-refractivity contribution in [2.75, 3.05) is 0 Å². The topological polar surface area (TPSA) is 52.9 Å². The molecule has 0 aromatic heterocycles. The van der Waals surface area contributed by atoms with Gasteiger partial charge in [-0.2, -0.15) is 5.26 Å². The fourth-order valence-corrected chi connectivity index (χ4v) is 3.28. The molecular formula is C13H20N2O. The molecule has 2 rings (SSSR count). The minimum atomic E-state index is 0.0524. The third kappa shape index (κ3) is 2.21. The van der Waals surface area contributed by atoms with Crippen LogP contribution in [0.2, 0.25) is 0 Å². The van der Waals surface area contributed by atoms with E-state index in [0.29, 0.717) is 12.3 Å². The molecule has 0 spiro atoms. The van der Waals surface area contributed by atoms with Gasteiger partial charge in [0.1, 0.15) is 0 Å². The summed E-state index contributed by atoms with van der Waals surface area (Å²) < 4.78 is 0. The van der Waals surface area contributed by atoms with Crippen LogP contribution in [0.5, 0.6) is 0 Å². The van der Waals surface area contributed by atoms with Crippen molar-refractivity contribution in [3.05, 3.63) is 0 Å². The Hall–Kier alpha value is -1.04. The van der Waals surface area contributed by atoms with Gasteiger partial charge in [0.2, 0.25) is 5.91 Å². The molecule has 0 aromatic rings. The van der Waals surface area contributed by atoms with E-state index in [0.717, 1.165) is 18.8 Å². The minimum absolute atomic E-state index is 0.0524. The maximum Gasteiger partial charge on any atom is 0.223 e. The lowest BCUT2D eigenvalue weighted by atomic mass is 9.88. The van der Waals surface area contributed by atoms with E-state index in [1.54, 1.807) is 0 Å². The molecule has 0 heterocycles. The van der Waals surface area contributed by atoms with Gasteiger partial charge in [-0.25, -0.2) is 0 Å². The molecule has 4 unspecified atom stereocenters. The third-order valence-corrected chi connectivity index (χ3v) is 4.25. The summed E-state index contributed by atoms with van der Waals surface area (Å²) in [5.74, 6) is 1.88. The molecule has 1 amide bonds. The first-order valence-corrected chi connectivity index (χ1v) is 6.42. The van der Waals surface area contributed by atoms with Crippen molar-refractivity contribution in [2.45, 2.75) is 51.5 Å². The highest BCUT2D eigenvalue weighted by Gasteiger charge is 2.43. The Morgan fingerprint density at radius 2 is 2.31 bits per heavy atom. The van der Waals surface area contributed by atoms with Crippen LogP contribution in [0.4, 0.5) is 0 Å². The van der Waals surface area contributed by atoms with Gasteiger partial charge >= 0.3 is 0 Å². The molecular weight excluding hydrogens is 200 g/mol. The number of hydrogen-bond donors (Lipinski definition) is 1. The van der Waals surface area contributed by atoms with Gasteiger partial charge in [0.25, 0.3) is 0 Å². The number of nitrogens with one attached hydrogen (secondary N) is 1. The molecule has 88 valence electrons. The number of carbonyl (C=O) groups is 1. The van der Waals surface area contributed by atoms with E-state index in [2.05, 4.69) is 11.4 Å². The van der Waals surface area contributed by atoms with Crippen LogP contribution in [0.25, 0.3) is 0 Å². The van der Waals surface area contributed by atoms with Crippen molar-refractivity contribution in [1.82, 2.24) is 5.32 Å². The normalized spacial score (nSPS) is 33.4. The van der Waals surface area contributed by atoms with Crippen LogP contribution >= 0.6 is 0 Å². The Bertz CT molecular complexity index is 308. The molecule has 3 heteroatoms. The molecule has 3 nitrogen and oxygen atoms in total. The number of hydrogen-bond acceptors (Lipinski definition) is 2. The van der Waals surface area contributed by atoms with Crippen molar-refractivity contribution in [1.29, 1.82) is 5.26 Å². The summed E-state index contributed by atoms with van der Waals surface area (Å²) in [6, 6.07) is 2.19. The van der Waals surface area contributed by atoms with E-state index in [1.165, 1.54) is 19.3 Å². The van der Waals surface area contributed by atoms with Gasteiger partial charge in [-0.15, -0.1) is 0 Å². The number of fused-ring (bicyclic) bond motifs is 2. The first-order valence-electron chi connectivity index (χ1n) is 6.42. The number of amides is 1. The van der Waals surface area contributed by atoms with Crippen molar-refractivity contribution < 1.29 is 4.79 Å². The van der Waals surface area contributed by atoms with E-state index in [4.69, 9.17) is 5.26 Å². The zero-order valence-electron chi connectivity index (χ0n) is 9.91. The summed E-state index contributed by atoms with van der Waals surface area (Å²) in [5, 5.41) is 11.7. The lowest BCUT2D eigenvalue weighted by Crippen LogP contribution is -2.40. The second-order valence-electron chi connectivity index (χ2n) is 5.26. The average Bonchev–Trinajstić information content (AvgIpc) is 2.89. The molecule has 2 bridgehead atoms. The maximum absolute atomic E-state index is 12.1. The van der Waals surface area contributed by atoms with E-state index in [-0.39, 0.29) is 17.9 Å². The summed E-state index contributed by atoms with van der Waals surface area (Å²) in [6.07, 6.45) is 6.18. The quantitative estimate of drug-likeness (QED) is 0.790. The van der Waals surface area contributed by atoms with Crippen LogP contribution in [0, 0.1) is 29.1 Å². The molecule has 16 heavy (non-hydrogen) atoms. The van der Waals surface area contributed by atoms with Crippen LogP contribution < -0.4 is 5.32 Å². The summed E-state index contributed by atoms with van der Waals surface area (Å²) in [5.41, 5.74) is 0. The van der Waals surface area contributed by atoms with Gasteiger partial charge in [-0.05, 0) is 37.5 Å². The van der Waals surface area contributed by atoms with E-state index >= 15 is 0 Å². The fourth-order valence-electron chi connectivity index (χ4n) is 3.28. The zero-order chi connectivity index (χ0) is 11.5. The smallest absolute Gasteiger partial charge is 0.223 e. The average molecular weight is 220 g/mol. The SMILES string of the molecule is CCC(CC#N)NC(=O)C1CC2CCC1C2. The first kappa shape index (κ1) is 11.4. The predicted octanol–water partition coefficient (Wildman–Crippen LogP) is 2.23. The molecule has 4 atom stereocenters. The number of nitrogens with zero attached hydrogens (tertiary/aromatic N) is 1. The van der Waals surface area contributed by atoms with E-state index < -0.39 is 0 Å². The van der Waals surface area contributed by atoms with Gasteiger partial charge < -0.3 is 5.32 Å². The van der Waals surface area contributed by atoms with Crippen molar-refractivity contribution in [3.8, 4) is 6.07 Å². The first-order chi connectivity index (χ1) is 7.74. The standard InChI is InChI=1S/C13H20N2O/c1-2-11(5-6-14)15-13(16)12-8-9-3-4-10(12)7-9/h9-12H,2-5,7-8H2,1H3,(H,15,16). The monoisotopic (exact) mass is 220 g/mol. The molecule has 2 aliphatic rings. The molecule has 0 saturated heterocycles. The molecule has 2 saturated carbocycles. The number of rotatable bonds is 4. The lowest BCUT2D eigenvalue weighted by Gasteiger charge is -2.23. The van der Waals surface area contributed by atoms with Gasteiger partial charge in [0.15, 0.2) is 0 Å². The van der Waals surface area contributed by atoms with Crippen molar-refractivity contribution in [2.24, 2.45) is 17.8 Å². The largest absolute Gasteiger partial charge is 0.352 e. The van der Waals surface area contributed by atoms with Gasteiger partial charge in [0, 0.05) is 12.0 Å². The summed E-state index contributed by atoms with van der Waals surface area (Å²) in [6.45, 7) is 2.02. The highest BCUT2D eigenvalue weighted by atomic mass is 16.2. The second-order valence-corrected chi connectivity index (χ2v) is 5.26. The van der Waals surface area contributed by atoms with Gasteiger partial charge in [0.05, 0.1) is 12.5 Å². The van der Waals surface area contributed by atoms with Crippen molar-refractivity contribution in [3.63, 3.8) is 0 Å². The molecule has 2 aliphatic carbocycles. The van der Waals surface area contributed by atoms with Gasteiger partial charge in [-0.1, -0.05) is 13.3 Å². The molecule has 2 fully saturated rings. The van der Waals surface area contributed by atoms with Crippen LogP contribution in [-0.4, -0.2) is 11.9 Å². The molecule has 0 radical (unpaired) electrons. The molecule has 0 aromatic carbocycles. The van der Waals surface area contributed by atoms with Crippen LogP contribution in [0.1, 0.15) is 45.4 Å². The third-order valence-electron chi connectivity index (χ3n) is 4.25. The Morgan fingerprint density at radius 1 is 1.50 bits per heavy atom. The summed E-state index contributed by atoms with van der Waals surface area (Å²) in [4.78, 5) is 12.1. The van der Waals surface area contributed by atoms with Crippen LogP contribution in [0.3, 0.4) is 0 Å². The van der Waals surface area contributed by atoms with Crippen LogP contribution in [-0.2, 0) is 4.79 Å². The lowest BCUT2D eigenvalue weighted by molar-refractivity contribution is -0.127. The minimum Gasteiger partial charge on any atom is -0.352 e. The molecule has 1 N–H and O–H groups in total. The summed E-state index contributed by atoms with van der Waals surface area (Å²) in [7, 11) is 0. The predicted molar refractivity (Wildman–Crippen MR) is 61.4 cm³/mol. The highest BCUT2D eigenvalue weighted by Crippen LogP contribution is 2.48. The summed E-state index contributed by atoms with van der Waals surface area (Å²) >= 11 is 0. The number of carbonyl (C=O) groups excluding carboxylic acids is 1. The molecule has 0 aliphatic heterocycles. The number of nitriles is 1. The zero-order valence-corrected chi connectivity index (χ0v) is 9.91. The Kier molecular flexibility index (Phi) is 3.48. The van der Waals surface area contributed by atoms with Gasteiger partial charge in [-0.3, -0.25) is 4.79 Å². The maximum atomic E-state index is 12.1. The highest BCUT2D eigenvalue weighted by molar-refractivity contribution is 5.79. The fraction of sp³-hybridized carbons (Fsp3) is 0.846.